The van der Waals surface area contributed by atoms with Gasteiger partial charge in [-0.25, -0.2) is 0 Å². The summed E-state index contributed by atoms with van der Waals surface area (Å²) in [6.07, 6.45) is 2.79. The van der Waals surface area contributed by atoms with Crippen molar-refractivity contribution in [2.24, 2.45) is 0 Å². The lowest BCUT2D eigenvalue weighted by Gasteiger charge is -2.15. The average molecular weight is 259 g/mol. The quantitative estimate of drug-likeness (QED) is 0.521. The van der Waals surface area contributed by atoms with Crippen molar-refractivity contribution in [2.75, 3.05) is 47.6 Å². The highest BCUT2D eigenvalue weighted by Gasteiger charge is 2.05. The van der Waals surface area contributed by atoms with E-state index in [4.69, 9.17) is 9.47 Å². The van der Waals surface area contributed by atoms with E-state index in [9.17, 15) is 9.59 Å². The summed E-state index contributed by atoms with van der Waals surface area (Å²) in [5, 5.41) is 0. The minimum absolute atomic E-state index is 0.140. The zero-order chi connectivity index (χ0) is 13.8. The van der Waals surface area contributed by atoms with E-state index < -0.39 is 0 Å². The Morgan fingerprint density at radius 3 is 1.61 bits per heavy atom. The number of carbonyl (C=O) groups is 2. The van der Waals surface area contributed by atoms with Crippen LogP contribution in [0.3, 0.4) is 0 Å². The summed E-state index contributed by atoms with van der Waals surface area (Å²) in [6.45, 7) is 2.15. The highest BCUT2D eigenvalue weighted by molar-refractivity contribution is 5.79. The Balaban J connectivity index is 3.45. The Bertz CT molecular complexity index is 219. The van der Waals surface area contributed by atoms with Gasteiger partial charge in [0.25, 0.3) is 0 Å². The van der Waals surface area contributed by atoms with Crippen LogP contribution in [0, 0.1) is 0 Å². The van der Waals surface area contributed by atoms with Crippen LogP contribution in [0.1, 0.15) is 25.7 Å². The molecule has 0 atom stereocenters. The number of ketones is 2. The lowest BCUT2D eigenvalue weighted by Crippen LogP contribution is -2.23. The van der Waals surface area contributed by atoms with Crippen LogP contribution in [-0.4, -0.2) is 64.0 Å². The van der Waals surface area contributed by atoms with Crippen molar-refractivity contribution in [1.82, 2.24) is 4.90 Å². The molecule has 0 aliphatic carbocycles. The molecule has 18 heavy (non-hydrogen) atoms. The lowest BCUT2D eigenvalue weighted by atomic mass is 10.2. The standard InChI is InChI=1S/C13H25NO4/c1-14(8-4-6-12(15)10-17-2)9-5-7-13(16)11-18-3/h4-11H2,1-3H3. The lowest BCUT2D eigenvalue weighted by molar-refractivity contribution is -0.123. The van der Waals surface area contributed by atoms with E-state index in [1.165, 1.54) is 14.2 Å². The Morgan fingerprint density at radius 1 is 0.889 bits per heavy atom. The minimum atomic E-state index is 0.140. The third-order valence-electron chi connectivity index (χ3n) is 2.60. The summed E-state index contributed by atoms with van der Waals surface area (Å²) in [5.74, 6) is 0.280. The van der Waals surface area contributed by atoms with Crippen LogP contribution in [0.15, 0.2) is 0 Å². The molecule has 0 aromatic rings. The Hall–Kier alpha value is -0.780. The van der Waals surface area contributed by atoms with Gasteiger partial charge in [0.15, 0.2) is 11.6 Å². The van der Waals surface area contributed by atoms with Crippen molar-refractivity contribution < 1.29 is 19.1 Å². The number of Topliss-reactive ketones (excluding diaryl/α,β-unsaturated/α-hetero) is 2. The van der Waals surface area contributed by atoms with E-state index in [2.05, 4.69) is 4.90 Å². The van der Waals surface area contributed by atoms with Crippen LogP contribution in [0.4, 0.5) is 0 Å². The van der Waals surface area contributed by atoms with Crippen LogP contribution in [0.25, 0.3) is 0 Å². The normalized spacial score (nSPS) is 10.9. The van der Waals surface area contributed by atoms with Gasteiger partial charge in [-0.05, 0) is 33.0 Å². The number of carbonyl (C=O) groups excluding carboxylic acids is 2. The third kappa shape index (κ3) is 10.4. The second-order valence-electron chi connectivity index (χ2n) is 4.45. The molecule has 0 fully saturated rings. The second kappa shape index (κ2) is 11.3. The summed E-state index contributed by atoms with van der Waals surface area (Å²) in [6, 6.07) is 0. The summed E-state index contributed by atoms with van der Waals surface area (Å²) in [4.78, 5) is 24.5. The first kappa shape index (κ1) is 17.2. The SMILES string of the molecule is COCC(=O)CCCN(C)CCCC(=O)COC. The largest absolute Gasteiger partial charge is 0.377 e. The van der Waals surface area contributed by atoms with Gasteiger partial charge in [0.1, 0.15) is 13.2 Å². The molecule has 0 saturated carbocycles. The summed E-state index contributed by atoms with van der Waals surface area (Å²) >= 11 is 0. The van der Waals surface area contributed by atoms with Crippen molar-refractivity contribution in [3.05, 3.63) is 0 Å². The zero-order valence-corrected chi connectivity index (χ0v) is 11.7. The van der Waals surface area contributed by atoms with Crippen LogP contribution in [0.2, 0.25) is 0 Å². The first-order valence-corrected chi connectivity index (χ1v) is 6.30. The highest BCUT2D eigenvalue weighted by Crippen LogP contribution is 1.98. The van der Waals surface area contributed by atoms with E-state index in [-0.39, 0.29) is 24.8 Å². The van der Waals surface area contributed by atoms with Gasteiger partial charge in [0.2, 0.25) is 0 Å². The maximum atomic E-state index is 11.2. The zero-order valence-electron chi connectivity index (χ0n) is 11.7. The van der Waals surface area contributed by atoms with E-state index in [0.717, 1.165) is 25.9 Å². The fourth-order valence-corrected chi connectivity index (χ4v) is 1.67. The fourth-order valence-electron chi connectivity index (χ4n) is 1.67. The molecule has 5 nitrogen and oxygen atoms in total. The van der Waals surface area contributed by atoms with Gasteiger partial charge < -0.3 is 14.4 Å². The predicted octanol–water partition coefficient (Wildman–Crippen LogP) is 0.910. The van der Waals surface area contributed by atoms with Gasteiger partial charge in [-0.15, -0.1) is 0 Å². The highest BCUT2D eigenvalue weighted by atomic mass is 16.5. The van der Waals surface area contributed by atoms with E-state index in [0.29, 0.717) is 12.8 Å². The maximum Gasteiger partial charge on any atom is 0.158 e. The van der Waals surface area contributed by atoms with Gasteiger partial charge >= 0.3 is 0 Å². The molecule has 5 heteroatoms. The molecule has 0 bridgehead atoms. The van der Waals surface area contributed by atoms with Crippen LogP contribution in [0.5, 0.6) is 0 Å². The molecular formula is C13H25NO4. The first-order valence-electron chi connectivity index (χ1n) is 6.30. The molecule has 106 valence electrons. The number of ether oxygens (including phenoxy) is 2. The molecule has 0 aromatic heterocycles. The molecule has 0 aromatic carbocycles. The summed E-state index contributed by atoms with van der Waals surface area (Å²) < 4.78 is 9.53. The van der Waals surface area contributed by atoms with Crippen molar-refractivity contribution in [3.63, 3.8) is 0 Å². The molecular weight excluding hydrogens is 234 g/mol. The predicted molar refractivity (Wildman–Crippen MR) is 69.7 cm³/mol. The van der Waals surface area contributed by atoms with E-state index >= 15 is 0 Å². The van der Waals surface area contributed by atoms with Gasteiger partial charge in [0.05, 0.1) is 0 Å². The topological polar surface area (TPSA) is 55.8 Å². The summed E-state index contributed by atoms with van der Waals surface area (Å²) in [5.41, 5.74) is 0. The van der Waals surface area contributed by atoms with Crippen molar-refractivity contribution >= 4 is 11.6 Å². The van der Waals surface area contributed by atoms with Crippen LogP contribution < -0.4 is 0 Å². The van der Waals surface area contributed by atoms with Gasteiger partial charge in [-0.3, -0.25) is 9.59 Å². The molecule has 0 rings (SSSR count). The molecule has 0 unspecified atom stereocenters. The molecule has 0 heterocycles. The number of hydrogen-bond acceptors (Lipinski definition) is 5. The second-order valence-corrected chi connectivity index (χ2v) is 4.45. The van der Waals surface area contributed by atoms with E-state index in [1.807, 2.05) is 7.05 Å². The average Bonchev–Trinajstić information content (AvgIpc) is 2.29. The van der Waals surface area contributed by atoms with Gasteiger partial charge in [-0.1, -0.05) is 0 Å². The first-order chi connectivity index (χ1) is 8.60. The molecule has 0 aliphatic rings. The van der Waals surface area contributed by atoms with Crippen LogP contribution in [-0.2, 0) is 19.1 Å². The minimum Gasteiger partial charge on any atom is -0.377 e. The molecule has 0 saturated heterocycles. The third-order valence-corrected chi connectivity index (χ3v) is 2.60. The van der Waals surface area contributed by atoms with E-state index in [1.54, 1.807) is 0 Å². The molecule has 0 radical (unpaired) electrons. The monoisotopic (exact) mass is 259 g/mol. The number of nitrogens with zero attached hydrogens (tertiary/aromatic N) is 1. The Kier molecular flexibility index (Phi) is 10.8. The summed E-state index contributed by atoms with van der Waals surface area (Å²) in [7, 11) is 5.06. The molecule has 0 spiro atoms. The number of hydrogen-bond donors (Lipinski definition) is 0. The number of rotatable bonds is 12. The smallest absolute Gasteiger partial charge is 0.158 e. The van der Waals surface area contributed by atoms with Crippen molar-refractivity contribution in [3.8, 4) is 0 Å². The molecule has 0 aliphatic heterocycles. The molecule has 0 amide bonds. The fraction of sp³-hybridized carbons (Fsp3) is 0.846. The van der Waals surface area contributed by atoms with Crippen molar-refractivity contribution in [1.29, 1.82) is 0 Å². The van der Waals surface area contributed by atoms with Gasteiger partial charge in [-0.2, -0.15) is 0 Å². The Labute approximate surface area is 109 Å². The number of methoxy groups -OCH3 is 2. The van der Waals surface area contributed by atoms with Gasteiger partial charge in [0, 0.05) is 27.1 Å². The maximum absolute atomic E-state index is 11.2. The van der Waals surface area contributed by atoms with Crippen molar-refractivity contribution in [2.45, 2.75) is 25.7 Å². The Morgan fingerprint density at radius 2 is 1.28 bits per heavy atom. The molecule has 0 N–H and O–H groups in total. The van der Waals surface area contributed by atoms with Crippen LogP contribution >= 0.6 is 0 Å².